The van der Waals surface area contributed by atoms with Crippen LogP contribution in [0.5, 0.6) is 0 Å². The van der Waals surface area contributed by atoms with Crippen LogP contribution in [0.2, 0.25) is 0 Å². The molecule has 5 nitrogen and oxygen atoms in total. The molecular weight excluding hydrogens is 314 g/mol. The first-order valence-electron chi connectivity index (χ1n) is 7.95. The van der Waals surface area contributed by atoms with E-state index >= 15 is 0 Å². The van der Waals surface area contributed by atoms with Gasteiger partial charge in [-0.05, 0) is 63.8 Å². The summed E-state index contributed by atoms with van der Waals surface area (Å²) in [6.07, 6.45) is 2.51. The Labute approximate surface area is 141 Å². The van der Waals surface area contributed by atoms with E-state index in [1.54, 1.807) is 32.1 Å². The van der Waals surface area contributed by atoms with Gasteiger partial charge in [0.1, 0.15) is 5.60 Å². The number of hydrogen-bond donors (Lipinski definition) is 2. The number of alkyl carbamates (subject to hydrolysis) is 1. The van der Waals surface area contributed by atoms with Gasteiger partial charge in [0.25, 0.3) is 0 Å². The smallest absolute Gasteiger partial charge is 0.407 e. The molecule has 1 unspecified atom stereocenters. The lowest BCUT2D eigenvalue weighted by molar-refractivity contribution is -0.150. The van der Waals surface area contributed by atoms with Crippen molar-refractivity contribution in [3.63, 3.8) is 0 Å². The predicted octanol–water partition coefficient (Wildman–Crippen LogP) is 3.69. The van der Waals surface area contributed by atoms with Gasteiger partial charge in [0.05, 0.1) is 5.41 Å². The highest BCUT2D eigenvalue weighted by molar-refractivity contribution is 7.09. The van der Waals surface area contributed by atoms with Crippen LogP contribution in [-0.2, 0) is 16.0 Å². The van der Waals surface area contributed by atoms with E-state index in [4.69, 9.17) is 4.74 Å². The minimum atomic E-state index is -0.902. The number of amides is 1. The van der Waals surface area contributed by atoms with E-state index in [1.165, 1.54) is 4.88 Å². The van der Waals surface area contributed by atoms with Gasteiger partial charge in [0.2, 0.25) is 0 Å². The van der Waals surface area contributed by atoms with Gasteiger partial charge in [-0.15, -0.1) is 11.3 Å². The standard InChI is InChI=1S/C17H25NO4S/c1-16(2,3)22-15(21)18-11-17(14(19)20,12-6-7-12)9-8-13-5-4-10-23-13/h4-5,10,12H,6-9,11H2,1-3H3,(H,18,21)(H,19,20). The molecule has 1 fully saturated rings. The third-order valence-electron chi connectivity index (χ3n) is 4.13. The quantitative estimate of drug-likeness (QED) is 0.794. The largest absolute Gasteiger partial charge is 0.481 e. The molecule has 128 valence electrons. The van der Waals surface area contributed by atoms with Gasteiger partial charge in [0.15, 0.2) is 0 Å². The highest BCUT2D eigenvalue weighted by atomic mass is 32.1. The maximum absolute atomic E-state index is 12.0. The van der Waals surface area contributed by atoms with Crippen molar-refractivity contribution < 1.29 is 19.4 Å². The van der Waals surface area contributed by atoms with E-state index in [2.05, 4.69) is 5.32 Å². The van der Waals surface area contributed by atoms with Crippen LogP contribution < -0.4 is 5.32 Å². The molecule has 1 heterocycles. The third-order valence-corrected chi connectivity index (χ3v) is 5.07. The van der Waals surface area contributed by atoms with Gasteiger partial charge in [0, 0.05) is 11.4 Å². The van der Waals surface area contributed by atoms with Gasteiger partial charge in [-0.25, -0.2) is 4.79 Å². The first kappa shape index (κ1) is 17.8. The number of aliphatic carboxylic acids is 1. The Kier molecular flexibility index (Phi) is 5.34. The lowest BCUT2D eigenvalue weighted by Gasteiger charge is -2.30. The first-order chi connectivity index (χ1) is 10.7. The molecule has 0 aromatic carbocycles. The normalized spacial score (nSPS) is 17.3. The summed E-state index contributed by atoms with van der Waals surface area (Å²) in [4.78, 5) is 25.0. The molecule has 2 rings (SSSR count). The highest BCUT2D eigenvalue weighted by Gasteiger charge is 2.51. The second kappa shape index (κ2) is 6.91. The monoisotopic (exact) mass is 339 g/mol. The molecule has 1 amide bonds. The number of carboxylic acids is 1. The van der Waals surface area contributed by atoms with Crippen molar-refractivity contribution in [2.45, 2.75) is 52.1 Å². The van der Waals surface area contributed by atoms with Crippen molar-refractivity contribution in [3.05, 3.63) is 22.4 Å². The molecular formula is C17H25NO4S. The van der Waals surface area contributed by atoms with Crippen molar-refractivity contribution >= 4 is 23.4 Å². The van der Waals surface area contributed by atoms with Crippen molar-refractivity contribution in [3.8, 4) is 0 Å². The van der Waals surface area contributed by atoms with E-state index in [0.29, 0.717) is 6.42 Å². The molecule has 1 aliphatic rings. The Hall–Kier alpha value is -1.56. The molecule has 0 radical (unpaired) electrons. The molecule has 2 N–H and O–H groups in total. The van der Waals surface area contributed by atoms with E-state index in [9.17, 15) is 14.7 Å². The summed E-state index contributed by atoms with van der Waals surface area (Å²) < 4.78 is 5.22. The van der Waals surface area contributed by atoms with Gasteiger partial charge in [-0.1, -0.05) is 6.07 Å². The fourth-order valence-corrected chi connectivity index (χ4v) is 3.48. The van der Waals surface area contributed by atoms with E-state index in [-0.39, 0.29) is 12.5 Å². The number of nitrogens with one attached hydrogen (secondary N) is 1. The Balaban J connectivity index is 2.01. The summed E-state index contributed by atoms with van der Waals surface area (Å²) in [5.41, 5.74) is -1.49. The number of carbonyl (C=O) groups excluding carboxylic acids is 1. The maximum Gasteiger partial charge on any atom is 0.407 e. The number of carboxylic acid groups (broad SMARTS) is 1. The van der Waals surface area contributed by atoms with Crippen LogP contribution in [0, 0.1) is 11.3 Å². The first-order valence-corrected chi connectivity index (χ1v) is 8.83. The Morgan fingerprint density at radius 3 is 2.57 bits per heavy atom. The molecule has 0 saturated heterocycles. The second-order valence-corrected chi connectivity index (χ2v) is 8.20. The highest BCUT2D eigenvalue weighted by Crippen LogP contribution is 2.48. The van der Waals surface area contributed by atoms with E-state index in [0.717, 1.165) is 19.3 Å². The molecule has 1 saturated carbocycles. The molecule has 1 aromatic rings. The Morgan fingerprint density at radius 1 is 1.39 bits per heavy atom. The summed E-state index contributed by atoms with van der Waals surface area (Å²) in [5, 5.41) is 14.5. The van der Waals surface area contributed by atoms with Crippen LogP contribution in [0.3, 0.4) is 0 Å². The van der Waals surface area contributed by atoms with Gasteiger partial charge < -0.3 is 15.2 Å². The average molecular weight is 339 g/mol. The van der Waals surface area contributed by atoms with Gasteiger partial charge >= 0.3 is 12.1 Å². The lowest BCUT2D eigenvalue weighted by atomic mass is 9.78. The number of hydrogen-bond acceptors (Lipinski definition) is 4. The van der Waals surface area contributed by atoms with Crippen LogP contribution in [0.1, 0.15) is 44.9 Å². The summed E-state index contributed by atoms with van der Waals surface area (Å²) >= 11 is 1.63. The third kappa shape index (κ3) is 4.96. The van der Waals surface area contributed by atoms with Crippen LogP contribution in [0.15, 0.2) is 17.5 Å². The molecule has 1 aliphatic carbocycles. The Bertz CT molecular complexity index is 545. The number of carbonyl (C=O) groups is 2. The van der Waals surface area contributed by atoms with Crippen LogP contribution >= 0.6 is 11.3 Å². The summed E-state index contributed by atoms with van der Waals surface area (Å²) in [6, 6.07) is 3.99. The van der Waals surface area contributed by atoms with Crippen LogP contribution in [0.4, 0.5) is 4.79 Å². The van der Waals surface area contributed by atoms with Crippen LogP contribution in [-0.4, -0.2) is 29.3 Å². The van der Waals surface area contributed by atoms with Crippen molar-refractivity contribution in [1.29, 1.82) is 0 Å². The van der Waals surface area contributed by atoms with Crippen molar-refractivity contribution in [2.75, 3.05) is 6.54 Å². The fourth-order valence-electron chi connectivity index (χ4n) is 2.78. The zero-order valence-corrected chi connectivity index (χ0v) is 14.7. The topological polar surface area (TPSA) is 75.6 Å². The van der Waals surface area contributed by atoms with Crippen molar-refractivity contribution in [2.24, 2.45) is 11.3 Å². The average Bonchev–Trinajstić information content (AvgIpc) is 3.14. The SMILES string of the molecule is CC(C)(C)OC(=O)NCC(CCc1cccs1)(C(=O)O)C1CC1. The predicted molar refractivity (Wildman–Crippen MR) is 89.7 cm³/mol. The number of rotatable bonds is 7. The summed E-state index contributed by atoms with van der Waals surface area (Å²) in [7, 11) is 0. The zero-order valence-electron chi connectivity index (χ0n) is 13.9. The fraction of sp³-hybridized carbons (Fsp3) is 0.647. The van der Waals surface area contributed by atoms with Gasteiger partial charge in [-0.3, -0.25) is 4.79 Å². The molecule has 0 spiro atoms. The van der Waals surface area contributed by atoms with E-state index in [1.807, 2.05) is 17.5 Å². The molecule has 0 bridgehead atoms. The van der Waals surface area contributed by atoms with Gasteiger partial charge in [-0.2, -0.15) is 0 Å². The number of aryl methyl sites for hydroxylation is 1. The molecule has 1 aromatic heterocycles. The second-order valence-electron chi connectivity index (χ2n) is 7.17. The lowest BCUT2D eigenvalue weighted by Crippen LogP contribution is -2.46. The van der Waals surface area contributed by atoms with Crippen molar-refractivity contribution in [1.82, 2.24) is 5.32 Å². The minimum Gasteiger partial charge on any atom is -0.481 e. The Morgan fingerprint density at radius 2 is 2.09 bits per heavy atom. The van der Waals surface area contributed by atoms with E-state index < -0.39 is 23.1 Å². The molecule has 23 heavy (non-hydrogen) atoms. The molecule has 1 atom stereocenters. The zero-order chi connectivity index (χ0) is 17.1. The minimum absolute atomic E-state index is 0.118. The molecule has 6 heteroatoms. The molecule has 0 aliphatic heterocycles. The summed E-state index contributed by atoms with van der Waals surface area (Å²) in [5.74, 6) is -0.692. The maximum atomic E-state index is 12.0. The number of ether oxygens (including phenoxy) is 1. The summed E-state index contributed by atoms with van der Waals surface area (Å²) in [6.45, 7) is 5.48. The van der Waals surface area contributed by atoms with Crippen LogP contribution in [0.25, 0.3) is 0 Å². The number of thiophene rings is 1.